The molecule has 6 heteroatoms. The van der Waals surface area contributed by atoms with Gasteiger partial charge in [0.1, 0.15) is 0 Å². The molecule has 2 aliphatic rings. The average Bonchev–Trinajstić information content (AvgIpc) is 2.68. The molecule has 0 aromatic carbocycles. The smallest absolute Gasteiger partial charge is 0.370 e. The average molecular weight is 267 g/mol. The lowest BCUT2D eigenvalue weighted by molar-refractivity contribution is -0.192. The van der Waals surface area contributed by atoms with E-state index in [1.807, 2.05) is 0 Å². The standard InChI is InChI=1S/C12H20F3NO2/c13-12(14,15)9-17-16-8-10-4-7-11(18-10)5-2-1-3-6-11/h10,16H,1-9H2. The second-order valence-electron chi connectivity index (χ2n) is 5.27. The normalized spacial score (nSPS) is 27.8. The quantitative estimate of drug-likeness (QED) is 0.627. The topological polar surface area (TPSA) is 30.5 Å². The fourth-order valence-corrected chi connectivity index (χ4v) is 2.89. The van der Waals surface area contributed by atoms with Crippen LogP contribution < -0.4 is 5.48 Å². The number of hydrogen-bond donors (Lipinski definition) is 1. The second kappa shape index (κ2) is 5.75. The van der Waals surface area contributed by atoms with Gasteiger partial charge in [0.2, 0.25) is 0 Å². The van der Waals surface area contributed by atoms with Crippen molar-refractivity contribution in [2.45, 2.75) is 62.8 Å². The maximum Gasteiger partial charge on any atom is 0.413 e. The Bertz CT molecular complexity index is 265. The largest absolute Gasteiger partial charge is 0.413 e. The van der Waals surface area contributed by atoms with Crippen LogP contribution in [-0.4, -0.2) is 31.0 Å². The fraction of sp³-hybridized carbons (Fsp3) is 1.00. The van der Waals surface area contributed by atoms with Gasteiger partial charge < -0.3 is 4.74 Å². The second-order valence-corrected chi connectivity index (χ2v) is 5.27. The van der Waals surface area contributed by atoms with Crippen molar-refractivity contribution in [3.8, 4) is 0 Å². The molecule has 1 aliphatic heterocycles. The first kappa shape index (κ1) is 14.1. The maximum atomic E-state index is 11.8. The van der Waals surface area contributed by atoms with Gasteiger partial charge in [-0.05, 0) is 25.7 Å². The Morgan fingerprint density at radius 3 is 2.56 bits per heavy atom. The van der Waals surface area contributed by atoms with E-state index in [1.54, 1.807) is 0 Å². The van der Waals surface area contributed by atoms with Crippen LogP contribution in [0, 0.1) is 0 Å². The van der Waals surface area contributed by atoms with Crippen LogP contribution in [0.15, 0.2) is 0 Å². The van der Waals surface area contributed by atoms with E-state index in [0.29, 0.717) is 6.54 Å². The first-order chi connectivity index (χ1) is 8.49. The molecule has 0 aromatic rings. The van der Waals surface area contributed by atoms with Gasteiger partial charge in [-0.3, -0.25) is 4.84 Å². The van der Waals surface area contributed by atoms with Crippen molar-refractivity contribution in [3.05, 3.63) is 0 Å². The molecule has 1 aliphatic carbocycles. The molecule has 3 nitrogen and oxygen atoms in total. The van der Waals surface area contributed by atoms with E-state index in [2.05, 4.69) is 10.3 Å². The van der Waals surface area contributed by atoms with Crippen LogP contribution in [0.4, 0.5) is 13.2 Å². The number of halogens is 3. The number of hydroxylamine groups is 1. The summed E-state index contributed by atoms with van der Waals surface area (Å²) >= 11 is 0. The number of nitrogens with one attached hydrogen (secondary N) is 1. The minimum atomic E-state index is -4.28. The van der Waals surface area contributed by atoms with Gasteiger partial charge in [0.15, 0.2) is 6.61 Å². The molecular weight excluding hydrogens is 247 g/mol. The van der Waals surface area contributed by atoms with Crippen LogP contribution >= 0.6 is 0 Å². The van der Waals surface area contributed by atoms with E-state index in [4.69, 9.17) is 4.74 Å². The molecule has 0 radical (unpaired) electrons. The van der Waals surface area contributed by atoms with E-state index in [-0.39, 0.29) is 11.7 Å². The van der Waals surface area contributed by atoms with E-state index in [0.717, 1.165) is 25.7 Å². The minimum Gasteiger partial charge on any atom is -0.370 e. The van der Waals surface area contributed by atoms with Gasteiger partial charge >= 0.3 is 6.18 Å². The molecule has 106 valence electrons. The Morgan fingerprint density at radius 2 is 1.89 bits per heavy atom. The molecule has 1 unspecified atom stereocenters. The number of alkyl halides is 3. The van der Waals surface area contributed by atoms with Crippen molar-refractivity contribution < 1.29 is 22.7 Å². The third-order valence-corrected chi connectivity index (χ3v) is 3.75. The highest BCUT2D eigenvalue weighted by molar-refractivity contribution is 4.91. The molecule has 18 heavy (non-hydrogen) atoms. The van der Waals surface area contributed by atoms with Crippen LogP contribution in [0.2, 0.25) is 0 Å². The first-order valence-corrected chi connectivity index (χ1v) is 6.58. The highest BCUT2D eigenvalue weighted by atomic mass is 19.4. The summed E-state index contributed by atoms with van der Waals surface area (Å²) in [5, 5.41) is 0. The molecule has 2 rings (SSSR count). The zero-order valence-corrected chi connectivity index (χ0v) is 10.4. The van der Waals surface area contributed by atoms with Crippen LogP contribution in [0.25, 0.3) is 0 Å². The van der Waals surface area contributed by atoms with Gasteiger partial charge in [0, 0.05) is 6.54 Å². The molecular formula is C12H20F3NO2. The summed E-state index contributed by atoms with van der Waals surface area (Å²) in [5.41, 5.74) is 2.37. The molecule has 1 atom stereocenters. The lowest BCUT2D eigenvalue weighted by atomic mass is 9.83. The van der Waals surface area contributed by atoms with Gasteiger partial charge in [-0.2, -0.15) is 18.7 Å². The number of hydrogen-bond acceptors (Lipinski definition) is 3. The van der Waals surface area contributed by atoms with Crippen molar-refractivity contribution in [1.29, 1.82) is 0 Å². The summed E-state index contributed by atoms with van der Waals surface area (Å²) in [6.45, 7) is -0.928. The number of ether oxygens (including phenoxy) is 1. The molecule has 0 amide bonds. The van der Waals surface area contributed by atoms with Crippen molar-refractivity contribution in [1.82, 2.24) is 5.48 Å². The van der Waals surface area contributed by atoms with Crippen LogP contribution in [-0.2, 0) is 9.57 Å². The summed E-state index contributed by atoms with van der Waals surface area (Å²) < 4.78 is 41.5. The lowest BCUT2D eigenvalue weighted by Gasteiger charge is -2.33. The molecule has 1 spiro atoms. The van der Waals surface area contributed by atoms with Gasteiger partial charge in [-0.15, -0.1) is 0 Å². The maximum absolute atomic E-state index is 11.8. The van der Waals surface area contributed by atoms with Gasteiger partial charge in [0.25, 0.3) is 0 Å². The van der Waals surface area contributed by atoms with Crippen molar-refractivity contribution in [2.24, 2.45) is 0 Å². The van der Waals surface area contributed by atoms with Crippen molar-refractivity contribution in [2.75, 3.05) is 13.2 Å². The molecule has 1 saturated heterocycles. The van der Waals surface area contributed by atoms with Gasteiger partial charge in [-0.25, -0.2) is 0 Å². The van der Waals surface area contributed by atoms with Crippen LogP contribution in [0.5, 0.6) is 0 Å². The molecule has 0 bridgehead atoms. The van der Waals surface area contributed by atoms with E-state index in [1.165, 1.54) is 19.3 Å². The highest BCUT2D eigenvalue weighted by Gasteiger charge is 2.40. The molecule has 2 fully saturated rings. The molecule has 0 aromatic heterocycles. The Morgan fingerprint density at radius 1 is 1.17 bits per heavy atom. The van der Waals surface area contributed by atoms with Crippen LogP contribution in [0.1, 0.15) is 44.9 Å². The number of rotatable bonds is 4. The Labute approximate surface area is 105 Å². The monoisotopic (exact) mass is 267 g/mol. The fourth-order valence-electron chi connectivity index (χ4n) is 2.89. The van der Waals surface area contributed by atoms with E-state index in [9.17, 15) is 13.2 Å². The van der Waals surface area contributed by atoms with Gasteiger partial charge in [0.05, 0.1) is 11.7 Å². The summed E-state index contributed by atoms with van der Waals surface area (Å²) in [6.07, 6.45) is 3.48. The van der Waals surface area contributed by atoms with E-state index >= 15 is 0 Å². The third kappa shape index (κ3) is 4.10. The SMILES string of the molecule is FC(F)(F)CONCC1CCC2(CCCCC2)O1. The summed E-state index contributed by atoms with van der Waals surface area (Å²) in [6, 6.07) is 0. The van der Waals surface area contributed by atoms with Crippen LogP contribution in [0.3, 0.4) is 0 Å². The third-order valence-electron chi connectivity index (χ3n) is 3.75. The predicted octanol–water partition coefficient (Wildman–Crippen LogP) is 2.95. The molecule has 1 heterocycles. The first-order valence-electron chi connectivity index (χ1n) is 6.58. The zero-order chi connectivity index (χ0) is 13.1. The molecule has 1 saturated carbocycles. The van der Waals surface area contributed by atoms with Crippen molar-refractivity contribution in [3.63, 3.8) is 0 Å². The van der Waals surface area contributed by atoms with Gasteiger partial charge in [-0.1, -0.05) is 19.3 Å². The molecule has 1 N–H and O–H groups in total. The zero-order valence-electron chi connectivity index (χ0n) is 10.4. The summed E-state index contributed by atoms with van der Waals surface area (Å²) in [4.78, 5) is 4.38. The summed E-state index contributed by atoms with van der Waals surface area (Å²) in [7, 11) is 0. The summed E-state index contributed by atoms with van der Waals surface area (Å²) in [5.74, 6) is 0. The Hall–Kier alpha value is -0.330. The lowest BCUT2D eigenvalue weighted by Crippen LogP contribution is -2.35. The Kier molecular flexibility index (Phi) is 4.50. The predicted molar refractivity (Wildman–Crippen MR) is 59.9 cm³/mol. The van der Waals surface area contributed by atoms with E-state index < -0.39 is 12.8 Å². The minimum absolute atomic E-state index is 0.00856. The van der Waals surface area contributed by atoms with Crippen molar-refractivity contribution >= 4 is 0 Å². The Balaban J connectivity index is 1.64. The highest BCUT2D eigenvalue weighted by Crippen LogP contribution is 2.41.